The highest BCUT2D eigenvalue weighted by molar-refractivity contribution is 5.61. The second-order valence-electron chi connectivity index (χ2n) is 6.14. The Morgan fingerprint density at radius 1 is 0.875 bits per heavy atom. The van der Waals surface area contributed by atoms with Gasteiger partial charge in [-0.2, -0.15) is 0 Å². The zero-order valence-electron chi connectivity index (χ0n) is 15.2. The lowest BCUT2D eigenvalue weighted by Crippen LogP contribution is -2.35. The highest BCUT2D eigenvalue weighted by atomic mass is 16.7. The van der Waals surface area contributed by atoms with Crippen LogP contribution in [-0.2, 0) is 9.47 Å². The van der Waals surface area contributed by atoms with E-state index in [2.05, 4.69) is 51.1 Å². The third-order valence-electron chi connectivity index (χ3n) is 3.83. The van der Waals surface area contributed by atoms with Crippen molar-refractivity contribution in [2.75, 3.05) is 0 Å². The lowest BCUT2D eigenvalue weighted by Gasteiger charge is -2.38. The van der Waals surface area contributed by atoms with Crippen molar-refractivity contribution in [3.63, 3.8) is 0 Å². The second kappa shape index (κ2) is 8.70. The molecule has 24 heavy (non-hydrogen) atoms. The highest BCUT2D eigenvalue weighted by Gasteiger charge is 2.34. The van der Waals surface area contributed by atoms with Crippen LogP contribution in [-0.4, -0.2) is 5.79 Å². The van der Waals surface area contributed by atoms with Gasteiger partial charge < -0.3 is 9.47 Å². The molecule has 2 aromatic carbocycles. The SMILES string of the molecule is CCC.CCC1(C)OC(c2ccccc2)=CC(c2ccccc2)O1. The summed E-state index contributed by atoms with van der Waals surface area (Å²) in [6.45, 7) is 8.33. The van der Waals surface area contributed by atoms with Gasteiger partial charge in [0, 0.05) is 18.9 Å². The maximum Gasteiger partial charge on any atom is 0.208 e. The summed E-state index contributed by atoms with van der Waals surface area (Å²) >= 11 is 0. The van der Waals surface area contributed by atoms with Crippen molar-refractivity contribution in [2.45, 2.75) is 52.4 Å². The first-order chi connectivity index (χ1) is 11.6. The molecule has 0 fully saturated rings. The molecule has 0 amide bonds. The number of ether oxygens (including phenoxy) is 2. The molecule has 2 aromatic rings. The van der Waals surface area contributed by atoms with Crippen LogP contribution in [0.15, 0.2) is 66.7 Å². The predicted molar refractivity (Wildman–Crippen MR) is 100 cm³/mol. The third kappa shape index (κ3) is 4.72. The quantitative estimate of drug-likeness (QED) is 0.654. The van der Waals surface area contributed by atoms with E-state index >= 15 is 0 Å². The summed E-state index contributed by atoms with van der Waals surface area (Å²) < 4.78 is 12.3. The van der Waals surface area contributed by atoms with E-state index in [9.17, 15) is 0 Å². The predicted octanol–water partition coefficient (Wildman–Crippen LogP) is 6.36. The fraction of sp³-hybridized carbons (Fsp3) is 0.364. The fourth-order valence-electron chi connectivity index (χ4n) is 2.45. The van der Waals surface area contributed by atoms with E-state index in [0.717, 1.165) is 23.3 Å². The van der Waals surface area contributed by atoms with Crippen molar-refractivity contribution in [3.8, 4) is 0 Å². The van der Waals surface area contributed by atoms with E-state index < -0.39 is 5.79 Å². The minimum absolute atomic E-state index is 0.0832. The highest BCUT2D eigenvalue weighted by Crippen LogP contribution is 2.39. The van der Waals surface area contributed by atoms with E-state index in [1.807, 2.05) is 43.3 Å². The molecule has 128 valence electrons. The fourth-order valence-corrected chi connectivity index (χ4v) is 2.45. The van der Waals surface area contributed by atoms with Crippen LogP contribution in [0, 0.1) is 0 Å². The van der Waals surface area contributed by atoms with Gasteiger partial charge in [0.05, 0.1) is 0 Å². The van der Waals surface area contributed by atoms with E-state index in [1.54, 1.807) is 0 Å². The largest absolute Gasteiger partial charge is 0.462 e. The zero-order chi connectivity index (χ0) is 17.4. The van der Waals surface area contributed by atoms with Crippen molar-refractivity contribution in [3.05, 3.63) is 77.9 Å². The summed E-state index contributed by atoms with van der Waals surface area (Å²) in [4.78, 5) is 0. The van der Waals surface area contributed by atoms with Gasteiger partial charge in [0.15, 0.2) is 0 Å². The molecule has 1 aliphatic heterocycles. The lowest BCUT2D eigenvalue weighted by molar-refractivity contribution is -0.219. The van der Waals surface area contributed by atoms with E-state index in [-0.39, 0.29) is 6.10 Å². The third-order valence-corrected chi connectivity index (χ3v) is 3.83. The van der Waals surface area contributed by atoms with Crippen molar-refractivity contribution in [1.82, 2.24) is 0 Å². The number of benzene rings is 2. The van der Waals surface area contributed by atoms with Crippen molar-refractivity contribution >= 4 is 5.76 Å². The van der Waals surface area contributed by atoms with Crippen LogP contribution in [0.3, 0.4) is 0 Å². The van der Waals surface area contributed by atoms with Crippen LogP contribution in [0.25, 0.3) is 5.76 Å². The van der Waals surface area contributed by atoms with Crippen LogP contribution in [0.5, 0.6) is 0 Å². The molecule has 3 rings (SSSR count). The van der Waals surface area contributed by atoms with Gasteiger partial charge in [-0.1, -0.05) is 87.9 Å². The molecule has 1 aliphatic rings. The second-order valence-corrected chi connectivity index (χ2v) is 6.14. The maximum atomic E-state index is 6.16. The summed E-state index contributed by atoms with van der Waals surface area (Å²) in [5, 5.41) is 0. The van der Waals surface area contributed by atoms with Crippen LogP contribution in [0.1, 0.15) is 57.8 Å². The summed E-state index contributed by atoms with van der Waals surface area (Å²) in [5.41, 5.74) is 2.23. The maximum absolute atomic E-state index is 6.16. The van der Waals surface area contributed by atoms with E-state index in [0.29, 0.717) is 0 Å². The van der Waals surface area contributed by atoms with Gasteiger partial charge in [-0.15, -0.1) is 0 Å². The van der Waals surface area contributed by atoms with Crippen molar-refractivity contribution in [2.24, 2.45) is 0 Å². The Morgan fingerprint density at radius 2 is 1.42 bits per heavy atom. The molecule has 0 saturated carbocycles. The minimum Gasteiger partial charge on any atom is -0.462 e. The van der Waals surface area contributed by atoms with Gasteiger partial charge in [0.2, 0.25) is 5.79 Å². The zero-order valence-corrected chi connectivity index (χ0v) is 15.2. The number of hydrogen-bond donors (Lipinski definition) is 0. The Kier molecular flexibility index (Phi) is 6.62. The van der Waals surface area contributed by atoms with Gasteiger partial charge >= 0.3 is 0 Å². The van der Waals surface area contributed by atoms with E-state index in [4.69, 9.17) is 9.47 Å². The Morgan fingerprint density at radius 3 is 1.96 bits per heavy atom. The summed E-state index contributed by atoms with van der Waals surface area (Å²) in [6, 6.07) is 20.5. The molecule has 0 radical (unpaired) electrons. The van der Waals surface area contributed by atoms with Crippen LogP contribution >= 0.6 is 0 Å². The first kappa shape index (κ1) is 18.3. The average Bonchev–Trinajstić information content (AvgIpc) is 2.63. The molecule has 2 unspecified atom stereocenters. The van der Waals surface area contributed by atoms with Crippen LogP contribution in [0.4, 0.5) is 0 Å². The molecular formula is C22H28O2. The van der Waals surface area contributed by atoms with Gasteiger partial charge in [0.25, 0.3) is 0 Å². The van der Waals surface area contributed by atoms with Gasteiger partial charge in [-0.3, -0.25) is 0 Å². The van der Waals surface area contributed by atoms with Crippen molar-refractivity contribution < 1.29 is 9.47 Å². The molecule has 2 nitrogen and oxygen atoms in total. The monoisotopic (exact) mass is 324 g/mol. The molecule has 0 saturated heterocycles. The molecule has 0 spiro atoms. The van der Waals surface area contributed by atoms with Crippen LogP contribution < -0.4 is 0 Å². The average molecular weight is 324 g/mol. The Balaban J connectivity index is 0.000000647. The Bertz CT molecular complexity index is 634. The topological polar surface area (TPSA) is 18.5 Å². The van der Waals surface area contributed by atoms with E-state index in [1.165, 1.54) is 6.42 Å². The normalized spacial score (nSPS) is 22.7. The minimum atomic E-state index is -0.597. The molecule has 0 aromatic heterocycles. The molecule has 0 N–H and O–H groups in total. The van der Waals surface area contributed by atoms with Gasteiger partial charge in [-0.05, 0) is 11.6 Å². The first-order valence-corrected chi connectivity index (χ1v) is 8.80. The first-order valence-electron chi connectivity index (χ1n) is 8.80. The molecule has 2 atom stereocenters. The standard InChI is InChI=1S/C19H20O2.C3H8/c1-3-19(2)20-17(15-10-6-4-7-11-15)14-18(21-19)16-12-8-5-9-13-16;1-3-2/h4-14,17H,3H2,1-2H3;3H2,1-2H3. The lowest BCUT2D eigenvalue weighted by atomic mass is 10.0. The molecule has 1 heterocycles. The van der Waals surface area contributed by atoms with Crippen molar-refractivity contribution in [1.29, 1.82) is 0 Å². The van der Waals surface area contributed by atoms with Crippen LogP contribution in [0.2, 0.25) is 0 Å². The number of rotatable bonds is 3. The molecule has 2 heteroatoms. The van der Waals surface area contributed by atoms with Gasteiger partial charge in [0.1, 0.15) is 11.9 Å². The van der Waals surface area contributed by atoms with Gasteiger partial charge in [-0.25, -0.2) is 0 Å². The molecule has 0 bridgehead atoms. The number of hydrogen-bond acceptors (Lipinski definition) is 2. The molecular weight excluding hydrogens is 296 g/mol. The molecule has 0 aliphatic carbocycles. The summed E-state index contributed by atoms with van der Waals surface area (Å²) in [6.07, 6.45) is 4.02. The Labute approximate surface area is 146 Å². The summed E-state index contributed by atoms with van der Waals surface area (Å²) in [5.74, 6) is 0.292. The smallest absolute Gasteiger partial charge is 0.208 e. The Hall–Kier alpha value is -2.06. The summed E-state index contributed by atoms with van der Waals surface area (Å²) in [7, 11) is 0.